The fourth-order valence-corrected chi connectivity index (χ4v) is 0.279. The summed E-state index contributed by atoms with van der Waals surface area (Å²) in [7, 11) is 0. The van der Waals surface area contributed by atoms with Crippen molar-refractivity contribution in [2.45, 2.75) is 19.7 Å². The van der Waals surface area contributed by atoms with E-state index in [1.807, 2.05) is 0 Å². The molecule has 0 aromatic rings. The fourth-order valence-electron chi connectivity index (χ4n) is 0.279. The molecule has 0 fully saturated rings. The van der Waals surface area contributed by atoms with Gasteiger partial charge in [0.25, 0.3) is 0 Å². The van der Waals surface area contributed by atoms with Crippen molar-refractivity contribution in [2.24, 2.45) is 0 Å². The van der Waals surface area contributed by atoms with E-state index in [0.29, 0.717) is 0 Å². The topological polar surface area (TPSA) is 40.5 Å². The number of amides is 1. The number of carbonyl (C=O) groups excluding carboxylic acids is 1. The van der Waals surface area contributed by atoms with Crippen LogP contribution in [-0.4, -0.2) is 29.2 Å². The standard InChI is InChI=1S/C4H6F2NO2/c1-3(9)7(2-8)4(5)6/h3-4,9H,1H3. The van der Waals surface area contributed by atoms with Gasteiger partial charge in [0.1, 0.15) is 6.23 Å². The predicted molar refractivity (Wildman–Crippen MR) is 25.2 cm³/mol. The number of hydrogen-bond acceptors (Lipinski definition) is 2. The van der Waals surface area contributed by atoms with Crippen molar-refractivity contribution in [3.05, 3.63) is 0 Å². The first-order valence-electron chi connectivity index (χ1n) is 2.22. The average molecular weight is 138 g/mol. The van der Waals surface area contributed by atoms with E-state index in [0.717, 1.165) is 13.3 Å². The van der Waals surface area contributed by atoms with Gasteiger partial charge in [-0.05, 0) is 6.92 Å². The molecule has 0 heterocycles. The minimum atomic E-state index is -2.98. The molecular weight excluding hydrogens is 132 g/mol. The summed E-state index contributed by atoms with van der Waals surface area (Å²) in [5.74, 6) is 0. The van der Waals surface area contributed by atoms with Gasteiger partial charge in [-0.3, -0.25) is 9.69 Å². The van der Waals surface area contributed by atoms with Crippen molar-refractivity contribution < 1.29 is 18.7 Å². The first-order valence-corrected chi connectivity index (χ1v) is 2.22. The summed E-state index contributed by atoms with van der Waals surface area (Å²) in [6, 6.07) is 0. The highest BCUT2D eigenvalue weighted by Crippen LogP contribution is 2.02. The molecule has 0 aliphatic carbocycles. The van der Waals surface area contributed by atoms with Gasteiger partial charge < -0.3 is 5.11 Å². The maximum atomic E-state index is 11.5. The summed E-state index contributed by atoms with van der Waals surface area (Å²) >= 11 is 0. The first kappa shape index (κ1) is 8.29. The Hall–Kier alpha value is -0.710. The second-order valence-corrected chi connectivity index (χ2v) is 1.41. The number of hydrogen-bond donors (Lipinski definition) is 1. The van der Waals surface area contributed by atoms with Crippen LogP contribution in [0.5, 0.6) is 0 Å². The van der Waals surface area contributed by atoms with Crippen molar-refractivity contribution in [1.29, 1.82) is 0 Å². The van der Waals surface area contributed by atoms with Crippen LogP contribution in [0.4, 0.5) is 8.78 Å². The highest BCUT2D eigenvalue weighted by molar-refractivity contribution is 5.48. The van der Waals surface area contributed by atoms with E-state index >= 15 is 0 Å². The van der Waals surface area contributed by atoms with Crippen molar-refractivity contribution in [3.63, 3.8) is 0 Å². The van der Waals surface area contributed by atoms with Crippen molar-refractivity contribution in [2.75, 3.05) is 0 Å². The minimum absolute atomic E-state index is 0.125. The molecule has 1 atom stereocenters. The van der Waals surface area contributed by atoms with Gasteiger partial charge in [-0.2, -0.15) is 8.78 Å². The van der Waals surface area contributed by atoms with Crippen LogP contribution in [0.15, 0.2) is 0 Å². The van der Waals surface area contributed by atoms with Crippen LogP contribution >= 0.6 is 0 Å². The zero-order valence-corrected chi connectivity index (χ0v) is 4.71. The van der Waals surface area contributed by atoms with Crippen LogP contribution < -0.4 is 0 Å². The molecule has 5 heteroatoms. The lowest BCUT2D eigenvalue weighted by Gasteiger charge is -2.16. The molecule has 1 radical (unpaired) electrons. The van der Waals surface area contributed by atoms with Gasteiger partial charge in [-0.25, -0.2) is 0 Å². The third-order valence-electron chi connectivity index (χ3n) is 0.718. The molecule has 0 rings (SSSR count). The zero-order chi connectivity index (χ0) is 7.44. The van der Waals surface area contributed by atoms with E-state index in [1.165, 1.54) is 0 Å². The molecule has 0 aliphatic heterocycles. The average Bonchev–Trinajstić information content (AvgIpc) is 1.64. The second kappa shape index (κ2) is 3.34. The minimum Gasteiger partial charge on any atom is -0.374 e. The molecule has 1 amide bonds. The fraction of sp³-hybridized carbons (Fsp3) is 0.750. The van der Waals surface area contributed by atoms with Crippen LogP contribution in [0.2, 0.25) is 0 Å². The number of aliphatic hydroxyl groups is 1. The Morgan fingerprint density at radius 3 is 2.11 bits per heavy atom. The van der Waals surface area contributed by atoms with E-state index in [1.54, 1.807) is 0 Å². The monoisotopic (exact) mass is 138 g/mol. The molecule has 0 saturated carbocycles. The van der Waals surface area contributed by atoms with Gasteiger partial charge in [0.2, 0.25) is 0 Å². The Morgan fingerprint density at radius 1 is 1.67 bits per heavy atom. The lowest BCUT2D eigenvalue weighted by atomic mass is 10.6. The lowest BCUT2D eigenvalue weighted by Crippen LogP contribution is -2.35. The van der Waals surface area contributed by atoms with Crippen LogP contribution in [-0.2, 0) is 4.79 Å². The quantitative estimate of drug-likeness (QED) is 0.336. The Bertz CT molecular complexity index is 88.6. The maximum absolute atomic E-state index is 11.5. The molecule has 9 heavy (non-hydrogen) atoms. The number of nitrogens with zero attached hydrogens (tertiary/aromatic N) is 1. The zero-order valence-electron chi connectivity index (χ0n) is 4.71. The van der Waals surface area contributed by atoms with Crippen LogP contribution in [0.3, 0.4) is 0 Å². The highest BCUT2D eigenvalue weighted by Gasteiger charge is 2.18. The predicted octanol–water partition coefficient (Wildman–Crippen LogP) is -0.0835. The van der Waals surface area contributed by atoms with Gasteiger partial charge in [0.15, 0.2) is 0 Å². The highest BCUT2D eigenvalue weighted by atomic mass is 19.3. The van der Waals surface area contributed by atoms with E-state index in [-0.39, 0.29) is 4.90 Å². The van der Waals surface area contributed by atoms with Crippen LogP contribution in [0.25, 0.3) is 0 Å². The number of alkyl halides is 2. The molecule has 0 saturated heterocycles. The lowest BCUT2D eigenvalue weighted by molar-refractivity contribution is -0.0676. The number of rotatable bonds is 3. The summed E-state index contributed by atoms with van der Waals surface area (Å²) in [6.45, 7) is -1.93. The Labute approximate surface area is 50.9 Å². The molecule has 0 aliphatic rings. The third kappa shape index (κ3) is 2.36. The number of halogens is 2. The third-order valence-corrected chi connectivity index (χ3v) is 0.718. The first-order chi connectivity index (χ1) is 4.09. The molecule has 0 aromatic carbocycles. The van der Waals surface area contributed by atoms with E-state index in [2.05, 4.69) is 0 Å². The van der Waals surface area contributed by atoms with Crippen LogP contribution in [0.1, 0.15) is 6.92 Å². The smallest absolute Gasteiger partial charge is 0.319 e. The Balaban J connectivity index is 3.82. The summed E-state index contributed by atoms with van der Waals surface area (Å²) in [5.41, 5.74) is 0. The van der Waals surface area contributed by atoms with Crippen LogP contribution in [0, 0.1) is 0 Å². The molecule has 53 valence electrons. The Kier molecular flexibility index (Phi) is 3.08. The molecule has 1 N–H and O–H groups in total. The maximum Gasteiger partial charge on any atom is 0.319 e. The normalized spacial score (nSPS) is 13.4. The molecular formula is C4H6F2NO2. The summed E-state index contributed by atoms with van der Waals surface area (Å²) < 4.78 is 22.9. The van der Waals surface area contributed by atoms with E-state index < -0.39 is 12.8 Å². The van der Waals surface area contributed by atoms with Crippen molar-refractivity contribution in [1.82, 2.24) is 4.90 Å². The van der Waals surface area contributed by atoms with Gasteiger partial charge >= 0.3 is 13.0 Å². The second-order valence-electron chi connectivity index (χ2n) is 1.41. The number of aliphatic hydroxyl groups excluding tert-OH is 1. The van der Waals surface area contributed by atoms with Gasteiger partial charge in [0, 0.05) is 0 Å². The summed E-state index contributed by atoms with van der Waals surface area (Å²) in [4.78, 5) is 9.42. The SMILES string of the molecule is CC(O)N([C]=O)C(F)F. The molecule has 0 bridgehead atoms. The van der Waals surface area contributed by atoms with Gasteiger partial charge in [-0.1, -0.05) is 0 Å². The molecule has 1 unspecified atom stereocenters. The largest absolute Gasteiger partial charge is 0.374 e. The van der Waals surface area contributed by atoms with Crippen molar-refractivity contribution >= 4 is 6.41 Å². The Morgan fingerprint density at radius 2 is 2.11 bits per heavy atom. The van der Waals surface area contributed by atoms with Crippen molar-refractivity contribution in [3.8, 4) is 0 Å². The van der Waals surface area contributed by atoms with E-state index in [9.17, 15) is 13.6 Å². The van der Waals surface area contributed by atoms with Gasteiger partial charge in [0.05, 0.1) is 0 Å². The summed E-state index contributed by atoms with van der Waals surface area (Å²) in [6.07, 6.45) is -0.600. The molecule has 3 nitrogen and oxygen atoms in total. The summed E-state index contributed by atoms with van der Waals surface area (Å²) in [5, 5.41) is 8.37. The molecule has 0 aromatic heterocycles. The van der Waals surface area contributed by atoms with Gasteiger partial charge in [-0.15, -0.1) is 0 Å². The molecule has 0 spiro atoms. The van der Waals surface area contributed by atoms with E-state index in [4.69, 9.17) is 5.11 Å².